The van der Waals surface area contributed by atoms with Gasteiger partial charge in [-0.2, -0.15) is 0 Å². The van der Waals surface area contributed by atoms with Crippen molar-refractivity contribution < 1.29 is 9.90 Å². The highest BCUT2D eigenvalue weighted by atomic mass is 32.2. The minimum absolute atomic E-state index is 0.0306. The number of aromatic nitrogens is 3. The first-order valence-electron chi connectivity index (χ1n) is 5.87. The zero-order valence-electron chi connectivity index (χ0n) is 11.3. The molecule has 7 heteroatoms. The number of hydrogen-bond donors (Lipinski definition) is 2. The molecule has 0 saturated carbocycles. The molecule has 2 aromatic rings. The van der Waals surface area contributed by atoms with Gasteiger partial charge in [0.2, 0.25) is 0 Å². The van der Waals surface area contributed by atoms with Gasteiger partial charge in [-0.05, 0) is 44.2 Å². The molecule has 0 unspecified atom stereocenters. The Labute approximate surface area is 120 Å². The number of nitrogens with zero attached hydrogens (tertiary/aromatic N) is 3. The van der Waals surface area contributed by atoms with Gasteiger partial charge in [0.1, 0.15) is 5.03 Å². The highest BCUT2D eigenvalue weighted by Crippen LogP contribution is 2.30. The molecule has 0 radical (unpaired) electrons. The van der Waals surface area contributed by atoms with Gasteiger partial charge in [-0.15, -0.1) is 0 Å². The van der Waals surface area contributed by atoms with Crippen LogP contribution in [0.2, 0.25) is 0 Å². The molecule has 0 amide bonds. The average Bonchev–Trinajstić information content (AvgIpc) is 2.38. The van der Waals surface area contributed by atoms with Crippen LogP contribution in [0.1, 0.15) is 27.3 Å². The summed E-state index contributed by atoms with van der Waals surface area (Å²) in [4.78, 5) is 23.8. The molecule has 2 heterocycles. The number of nitrogens with two attached hydrogens (primary N) is 1. The van der Waals surface area contributed by atoms with Gasteiger partial charge >= 0.3 is 5.97 Å². The zero-order chi connectivity index (χ0) is 14.9. The Morgan fingerprint density at radius 2 is 1.85 bits per heavy atom. The second-order valence-corrected chi connectivity index (χ2v) is 5.24. The number of carboxylic acid groups (broad SMARTS) is 1. The molecule has 0 saturated heterocycles. The van der Waals surface area contributed by atoms with Crippen LogP contribution in [0, 0.1) is 20.8 Å². The molecule has 0 aliphatic carbocycles. The second-order valence-electron chi connectivity index (χ2n) is 4.29. The number of carboxylic acids is 1. The monoisotopic (exact) mass is 290 g/mol. The molecular weight excluding hydrogens is 276 g/mol. The quantitative estimate of drug-likeness (QED) is 0.835. The van der Waals surface area contributed by atoms with Crippen molar-refractivity contribution in [3.63, 3.8) is 0 Å². The maximum Gasteiger partial charge on any atom is 0.337 e. The van der Waals surface area contributed by atoms with E-state index in [9.17, 15) is 4.79 Å². The van der Waals surface area contributed by atoms with E-state index in [-0.39, 0.29) is 11.3 Å². The van der Waals surface area contributed by atoms with Crippen molar-refractivity contribution in [2.24, 2.45) is 0 Å². The first-order chi connectivity index (χ1) is 9.40. The van der Waals surface area contributed by atoms with E-state index in [1.54, 1.807) is 0 Å². The largest absolute Gasteiger partial charge is 0.478 e. The summed E-state index contributed by atoms with van der Waals surface area (Å²) in [6.07, 6.45) is 1.41. The van der Waals surface area contributed by atoms with Crippen molar-refractivity contribution >= 4 is 23.4 Å². The predicted molar refractivity (Wildman–Crippen MR) is 76.0 cm³/mol. The number of pyridine rings is 1. The number of nitrogen functional groups attached to an aromatic ring is 1. The van der Waals surface area contributed by atoms with Crippen molar-refractivity contribution in [3.05, 3.63) is 34.8 Å². The number of aryl methyl sites for hydroxylation is 2. The molecule has 0 atom stereocenters. The molecule has 0 aromatic carbocycles. The fraction of sp³-hybridized carbons (Fsp3) is 0.231. The number of hydrogen-bond acceptors (Lipinski definition) is 6. The van der Waals surface area contributed by atoms with E-state index in [0.717, 1.165) is 28.7 Å². The summed E-state index contributed by atoms with van der Waals surface area (Å²) in [7, 11) is 0. The standard InChI is InChI=1S/C13H14N4O2S/c1-6-7(2)16-13(17-8(6)3)20-11-10(14)9(12(18)19)4-5-15-11/h4-5H,14H2,1-3H3,(H,18,19). The third-order valence-electron chi connectivity index (χ3n) is 2.98. The van der Waals surface area contributed by atoms with E-state index >= 15 is 0 Å². The lowest BCUT2D eigenvalue weighted by Gasteiger charge is -2.08. The summed E-state index contributed by atoms with van der Waals surface area (Å²) in [5, 5.41) is 9.94. The molecule has 2 aromatic heterocycles. The Bertz CT molecular complexity index is 665. The van der Waals surface area contributed by atoms with Crippen LogP contribution in [-0.2, 0) is 0 Å². The summed E-state index contributed by atoms with van der Waals surface area (Å²) >= 11 is 1.16. The van der Waals surface area contributed by atoms with Crippen LogP contribution in [0.4, 0.5) is 5.69 Å². The second kappa shape index (κ2) is 5.46. The lowest BCUT2D eigenvalue weighted by atomic mass is 10.2. The maximum atomic E-state index is 11.0. The molecule has 3 N–H and O–H groups in total. The van der Waals surface area contributed by atoms with Crippen molar-refractivity contribution in [2.75, 3.05) is 5.73 Å². The van der Waals surface area contributed by atoms with Crippen LogP contribution < -0.4 is 5.73 Å². The summed E-state index contributed by atoms with van der Waals surface area (Å²) in [6.45, 7) is 5.76. The smallest absolute Gasteiger partial charge is 0.337 e. The van der Waals surface area contributed by atoms with Gasteiger partial charge < -0.3 is 10.8 Å². The van der Waals surface area contributed by atoms with Crippen molar-refractivity contribution in [2.45, 2.75) is 31.0 Å². The fourth-order valence-electron chi connectivity index (χ4n) is 1.60. The number of aromatic carboxylic acids is 1. The van der Waals surface area contributed by atoms with E-state index < -0.39 is 5.97 Å². The topological polar surface area (TPSA) is 102 Å². The predicted octanol–water partition coefficient (Wildman–Crippen LogP) is 2.23. The Balaban J connectivity index is 2.40. The van der Waals surface area contributed by atoms with E-state index in [1.807, 2.05) is 20.8 Å². The third-order valence-corrected chi connectivity index (χ3v) is 3.87. The molecule has 0 spiro atoms. The molecular formula is C13H14N4O2S. The van der Waals surface area contributed by atoms with E-state index in [2.05, 4.69) is 15.0 Å². The van der Waals surface area contributed by atoms with Crippen molar-refractivity contribution in [3.8, 4) is 0 Å². The van der Waals surface area contributed by atoms with Gasteiger partial charge in [0.15, 0.2) is 5.16 Å². The molecule has 20 heavy (non-hydrogen) atoms. The molecule has 0 fully saturated rings. The highest BCUT2D eigenvalue weighted by Gasteiger charge is 2.15. The first kappa shape index (κ1) is 14.3. The Morgan fingerprint density at radius 3 is 2.40 bits per heavy atom. The third kappa shape index (κ3) is 2.72. The summed E-state index contributed by atoms with van der Waals surface area (Å²) < 4.78 is 0. The van der Waals surface area contributed by atoms with Gasteiger partial charge in [-0.3, -0.25) is 0 Å². The molecule has 104 valence electrons. The molecule has 0 aliphatic heterocycles. The molecule has 6 nitrogen and oxygen atoms in total. The Hall–Kier alpha value is -2.15. The van der Waals surface area contributed by atoms with E-state index in [4.69, 9.17) is 10.8 Å². The Morgan fingerprint density at radius 1 is 1.25 bits per heavy atom. The maximum absolute atomic E-state index is 11.0. The average molecular weight is 290 g/mol. The van der Waals surface area contributed by atoms with E-state index in [0.29, 0.717) is 10.2 Å². The van der Waals surface area contributed by atoms with Gasteiger partial charge in [-0.1, -0.05) is 0 Å². The van der Waals surface area contributed by atoms with Gasteiger partial charge in [-0.25, -0.2) is 19.7 Å². The van der Waals surface area contributed by atoms with Crippen LogP contribution in [0.3, 0.4) is 0 Å². The minimum atomic E-state index is -1.08. The van der Waals surface area contributed by atoms with Crippen LogP contribution in [0.5, 0.6) is 0 Å². The Kier molecular flexibility index (Phi) is 3.89. The van der Waals surface area contributed by atoms with Crippen molar-refractivity contribution in [1.29, 1.82) is 0 Å². The SMILES string of the molecule is Cc1nc(Sc2nccc(C(=O)O)c2N)nc(C)c1C. The number of rotatable bonds is 3. The normalized spacial score (nSPS) is 10.6. The van der Waals surface area contributed by atoms with Gasteiger partial charge in [0, 0.05) is 17.6 Å². The molecule has 0 aliphatic rings. The van der Waals surface area contributed by atoms with Gasteiger partial charge in [0.05, 0.1) is 11.3 Å². The number of anilines is 1. The van der Waals surface area contributed by atoms with Crippen LogP contribution >= 0.6 is 11.8 Å². The van der Waals surface area contributed by atoms with Crippen LogP contribution in [0.25, 0.3) is 0 Å². The minimum Gasteiger partial charge on any atom is -0.478 e. The lowest BCUT2D eigenvalue weighted by Crippen LogP contribution is -2.05. The lowest BCUT2D eigenvalue weighted by molar-refractivity contribution is 0.0697. The molecule has 2 rings (SSSR count). The summed E-state index contributed by atoms with van der Waals surface area (Å²) in [5.74, 6) is -1.08. The van der Waals surface area contributed by atoms with Crippen LogP contribution in [-0.4, -0.2) is 26.0 Å². The zero-order valence-corrected chi connectivity index (χ0v) is 12.2. The van der Waals surface area contributed by atoms with Gasteiger partial charge in [0.25, 0.3) is 0 Å². The van der Waals surface area contributed by atoms with Crippen molar-refractivity contribution in [1.82, 2.24) is 15.0 Å². The number of carbonyl (C=O) groups is 1. The summed E-state index contributed by atoms with van der Waals surface area (Å²) in [6, 6.07) is 1.37. The molecule has 0 bridgehead atoms. The summed E-state index contributed by atoms with van der Waals surface area (Å²) in [5.41, 5.74) is 8.78. The van der Waals surface area contributed by atoms with E-state index in [1.165, 1.54) is 12.3 Å². The highest BCUT2D eigenvalue weighted by molar-refractivity contribution is 7.99. The first-order valence-corrected chi connectivity index (χ1v) is 6.69. The fourth-order valence-corrected chi connectivity index (χ4v) is 2.47. The van der Waals surface area contributed by atoms with Crippen LogP contribution in [0.15, 0.2) is 22.4 Å².